The van der Waals surface area contributed by atoms with Crippen LogP contribution in [-0.2, 0) is 5.75 Å². The maximum Gasteiger partial charge on any atom is 0.344 e. The molecule has 1 saturated carbocycles. The number of rotatable bonds is 4. The Hall–Kier alpha value is -1.35. The van der Waals surface area contributed by atoms with Gasteiger partial charge < -0.3 is 5.73 Å². The van der Waals surface area contributed by atoms with E-state index in [4.69, 9.17) is 5.73 Å². The van der Waals surface area contributed by atoms with E-state index in [9.17, 15) is 4.79 Å². The molecule has 0 unspecified atom stereocenters. The Kier molecular flexibility index (Phi) is 2.63. The third kappa shape index (κ3) is 2.07. The highest BCUT2D eigenvalue weighted by atomic mass is 32.2. The van der Waals surface area contributed by atoms with E-state index in [1.54, 1.807) is 4.57 Å². The molecule has 1 aliphatic rings. The summed E-state index contributed by atoms with van der Waals surface area (Å²) in [5.74, 6) is 0.583. The molecule has 7 nitrogen and oxygen atoms in total. The highest BCUT2D eigenvalue weighted by molar-refractivity contribution is 7.98. The first-order valence-corrected chi connectivity index (χ1v) is 6.88. The first-order chi connectivity index (χ1) is 8.25. The predicted molar refractivity (Wildman–Crippen MR) is 65.0 cm³/mol. The molecule has 2 aromatic rings. The predicted octanol–water partition coefficient (Wildman–Crippen LogP) is 0.632. The summed E-state index contributed by atoms with van der Waals surface area (Å²) in [7, 11) is 0. The van der Waals surface area contributed by atoms with Gasteiger partial charge in [0, 0.05) is 23.3 Å². The maximum atomic E-state index is 11.5. The van der Waals surface area contributed by atoms with Crippen molar-refractivity contribution in [1.29, 1.82) is 0 Å². The van der Waals surface area contributed by atoms with Crippen molar-refractivity contribution in [3.8, 4) is 0 Å². The lowest BCUT2D eigenvalue weighted by molar-refractivity contribution is 0.642. The normalized spacial score (nSPS) is 15.3. The Bertz CT molecular complexity index is 583. The van der Waals surface area contributed by atoms with Crippen LogP contribution in [0.2, 0.25) is 0 Å². The van der Waals surface area contributed by atoms with Crippen LogP contribution in [0.5, 0.6) is 0 Å². The van der Waals surface area contributed by atoms with E-state index in [-0.39, 0.29) is 5.69 Å². The van der Waals surface area contributed by atoms with E-state index >= 15 is 0 Å². The fourth-order valence-electron chi connectivity index (χ4n) is 1.50. The average molecular weight is 270 g/mol. The number of nitrogens with one attached hydrogen (secondary N) is 1. The standard InChI is InChI=1S/C8H10N6OS2/c9-6-5(10-13-17-6)3-16-8-12-11-7(15)14(8)4-1-2-4/h4H,1-3,9H2,(H,11,15). The minimum absolute atomic E-state index is 0.139. The van der Waals surface area contributed by atoms with Crippen LogP contribution < -0.4 is 11.4 Å². The smallest absolute Gasteiger partial charge is 0.344 e. The minimum atomic E-state index is -0.139. The van der Waals surface area contributed by atoms with Gasteiger partial charge in [-0.1, -0.05) is 16.3 Å². The van der Waals surface area contributed by atoms with Crippen LogP contribution >= 0.6 is 23.3 Å². The van der Waals surface area contributed by atoms with Crippen molar-refractivity contribution in [2.24, 2.45) is 0 Å². The highest BCUT2D eigenvalue weighted by Crippen LogP contribution is 2.36. The highest BCUT2D eigenvalue weighted by Gasteiger charge is 2.28. The molecule has 9 heteroatoms. The summed E-state index contributed by atoms with van der Waals surface area (Å²) in [6.45, 7) is 0. The van der Waals surface area contributed by atoms with E-state index in [0.29, 0.717) is 22.0 Å². The SMILES string of the molecule is Nc1snnc1CSc1n[nH]c(=O)n1C1CC1. The molecule has 1 fully saturated rings. The maximum absolute atomic E-state index is 11.5. The second-order valence-corrected chi connectivity index (χ2v) is 5.51. The topological polar surface area (TPSA) is 102 Å². The minimum Gasteiger partial charge on any atom is -0.388 e. The van der Waals surface area contributed by atoms with Gasteiger partial charge in [-0.25, -0.2) is 9.89 Å². The fourth-order valence-corrected chi connectivity index (χ4v) is 2.99. The summed E-state index contributed by atoms with van der Waals surface area (Å²) >= 11 is 2.63. The van der Waals surface area contributed by atoms with Crippen LogP contribution in [-0.4, -0.2) is 24.4 Å². The molecule has 0 bridgehead atoms. The van der Waals surface area contributed by atoms with Gasteiger partial charge in [0.05, 0.1) is 0 Å². The quantitative estimate of drug-likeness (QED) is 0.790. The molecule has 0 saturated heterocycles. The van der Waals surface area contributed by atoms with Crippen molar-refractivity contribution in [3.63, 3.8) is 0 Å². The zero-order chi connectivity index (χ0) is 11.8. The average Bonchev–Trinajstić information content (AvgIpc) is 2.96. The van der Waals surface area contributed by atoms with Crippen molar-refractivity contribution in [2.45, 2.75) is 29.8 Å². The summed E-state index contributed by atoms with van der Waals surface area (Å²) < 4.78 is 5.47. The summed E-state index contributed by atoms with van der Waals surface area (Å²) in [4.78, 5) is 11.5. The van der Waals surface area contributed by atoms with Crippen molar-refractivity contribution < 1.29 is 0 Å². The number of hydrogen-bond acceptors (Lipinski definition) is 7. The summed E-state index contributed by atoms with van der Waals surface area (Å²) in [5, 5.41) is 11.7. The molecule has 0 spiro atoms. The van der Waals surface area contributed by atoms with Crippen LogP contribution in [0.15, 0.2) is 9.95 Å². The van der Waals surface area contributed by atoms with Crippen LogP contribution in [0.1, 0.15) is 24.6 Å². The number of H-pyrrole nitrogens is 1. The summed E-state index contributed by atoms with van der Waals surface area (Å²) in [6, 6.07) is 0.314. The van der Waals surface area contributed by atoms with Gasteiger partial charge in [0.15, 0.2) is 5.16 Å². The third-order valence-corrected chi connectivity index (χ3v) is 4.07. The number of nitrogen functional groups attached to an aromatic ring is 1. The number of aromatic nitrogens is 5. The van der Waals surface area contributed by atoms with Gasteiger partial charge in [-0.3, -0.25) is 4.57 Å². The van der Waals surface area contributed by atoms with E-state index < -0.39 is 0 Å². The van der Waals surface area contributed by atoms with Crippen molar-refractivity contribution >= 4 is 28.3 Å². The first kappa shape index (κ1) is 10.8. The van der Waals surface area contributed by atoms with Gasteiger partial charge in [0.1, 0.15) is 10.7 Å². The van der Waals surface area contributed by atoms with Gasteiger partial charge in [-0.15, -0.1) is 10.2 Å². The van der Waals surface area contributed by atoms with Crippen molar-refractivity contribution in [1.82, 2.24) is 24.4 Å². The number of anilines is 1. The lowest BCUT2D eigenvalue weighted by Crippen LogP contribution is -2.16. The van der Waals surface area contributed by atoms with Crippen LogP contribution in [0, 0.1) is 0 Å². The zero-order valence-electron chi connectivity index (χ0n) is 8.79. The Labute approximate surface area is 105 Å². The summed E-state index contributed by atoms with van der Waals surface area (Å²) in [5.41, 5.74) is 6.31. The molecule has 0 aliphatic heterocycles. The molecule has 17 heavy (non-hydrogen) atoms. The van der Waals surface area contributed by atoms with E-state index in [1.807, 2.05) is 0 Å². The molecule has 0 atom stereocenters. The summed E-state index contributed by atoms with van der Waals surface area (Å²) in [6.07, 6.45) is 2.10. The molecular formula is C8H10N6OS2. The van der Waals surface area contributed by atoms with Gasteiger partial charge in [0.25, 0.3) is 0 Å². The number of nitrogens with zero attached hydrogens (tertiary/aromatic N) is 4. The van der Waals surface area contributed by atoms with E-state index in [1.165, 1.54) is 23.3 Å². The largest absolute Gasteiger partial charge is 0.388 e. The van der Waals surface area contributed by atoms with Gasteiger partial charge in [-0.2, -0.15) is 0 Å². The monoisotopic (exact) mass is 270 g/mol. The molecule has 0 aromatic carbocycles. The molecule has 90 valence electrons. The number of nitrogens with two attached hydrogens (primary N) is 1. The lowest BCUT2D eigenvalue weighted by atomic mass is 10.5. The van der Waals surface area contributed by atoms with Crippen LogP contribution in [0.3, 0.4) is 0 Å². The van der Waals surface area contributed by atoms with Crippen LogP contribution in [0.25, 0.3) is 0 Å². The number of hydrogen-bond donors (Lipinski definition) is 2. The lowest BCUT2D eigenvalue weighted by Gasteiger charge is -2.01. The van der Waals surface area contributed by atoms with Gasteiger partial charge in [0.2, 0.25) is 0 Å². The molecule has 3 rings (SSSR count). The molecule has 2 heterocycles. The number of aromatic amines is 1. The van der Waals surface area contributed by atoms with Crippen molar-refractivity contribution in [2.75, 3.05) is 5.73 Å². The van der Waals surface area contributed by atoms with Gasteiger partial charge in [-0.05, 0) is 12.8 Å². The molecule has 2 aromatic heterocycles. The molecule has 3 N–H and O–H groups in total. The van der Waals surface area contributed by atoms with Gasteiger partial charge >= 0.3 is 5.69 Å². The molecule has 0 amide bonds. The third-order valence-electron chi connectivity index (χ3n) is 2.51. The second kappa shape index (κ2) is 4.15. The first-order valence-electron chi connectivity index (χ1n) is 5.12. The molecule has 1 aliphatic carbocycles. The van der Waals surface area contributed by atoms with E-state index in [2.05, 4.69) is 19.8 Å². The fraction of sp³-hybridized carbons (Fsp3) is 0.500. The Morgan fingerprint density at radius 3 is 3.06 bits per heavy atom. The molecule has 0 radical (unpaired) electrons. The Morgan fingerprint density at radius 1 is 1.59 bits per heavy atom. The Morgan fingerprint density at radius 2 is 2.41 bits per heavy atom. The molecular weight excluding hydrogens is 260 g/mol. The van der Waals surface area contributed by atoms with Crippen LogP contribution in [0.4, 0.5) is 5.00 Å². The number of thioether (sulfide) groups is 1. The van der Waals surface area contributed by atoms with Crippen molar-refractivity contribution in [3.05, 3.63) is 16.2 Å². The van der Waals surface area contributed by atoms with E-state index in [0.717, 1.165) is 18.5 Å². The Balaban J connectivity index is 1.77. The second-order valence-electron chi connectivity index (χ2n) is 3.79. The zero-order valence-corrected chi connectivity index (χ0v) is 10.4.